The standard InChI is InChI=1S/C7H15NO3/c1-8(2,3)5-6(9)4-7(10)11/h6,9H,4-5H2,1-3H3/p+1/t6-/m1/s1/i4D2,6D,9D. The molecular formula is C7H16NO3+. The molecular weight excluding hydrogens is 146 g/mol. The van der Waals surface area contributed by atoms with E-state index < -0.39 is 18.4 Å². The summed E-state index contributed by atoms with van der Waals surface area (Å²) >= 11 is 0. The van der Waals surface area contributed by atoms with E-state index in [4.69, 9.17) is 10.7 Å². The van der Waals surface area contributed by atoms with Crippen molar-refractivity contribution in [3.63, 3.8) is 0 Å². The second kappa shape index (κ2) is 3.69. The lowest BCUT2D eigenvalue weighted by Gasteiger charge is -2.25. The molecule has 0 aromatic carbocycles. The summed E-state index contributed by atoms with van der Waals surface area (Å²) in [7, 11) is 4.96. The molecule has 0 aliphatic heterocycles. The van der Waals surface area contributed by atoms with Gasteiger partial charge in [-0.2, -0.15) is 0 Å². The maximum atomic E-state index is 10.6. The monoisotopic (exact) mass is 166 g/mol. The third kappa shape index (κ3) is 7.29. The van der Waals surface area contributed by atoms with Crippen LogP contribution in [0.4, 0.5) is 0 Å². The highest BCUT2D eigenvalue weighted by atomic mass is 16.4. The Hall–Kier alpha value is -0.610. The van der Waals surface area contributed by atoms with E-state index in [1.807, 2.05) is 0 Å². The van der Waals surface area contributed by atoms with Gasteiger partial charge < -0.3 is 14.7 Å². The maximum Gasteiger partial charge on any atom is 0.306 e. The minimum atomic E-state index is -2.93. The number of carboxylic acids is 1. The van der Waals surface area contributed by atoms with Gasteiger partial charge in [-0.05, 0) is 0 Å². The number of rotatable bonds is 5. The number of hydrogen-bond donors (Lipinski definition) is 2. The zero-order valence-electron chi connectivity index (χ0n) is 10.9. The molecule has 0 heterocycles. The molecule has 0 aliphatic carbocycles. The van der Waals surface area contributed by atoms with Crippen molar-refractivity contribution in [2.45, 2.75) is 12.5 Å². The van der Waals surface area contributed by atoms with Crippen molar-refractivity contribution in [3.8, 4) is 0 Å². The van der Waals surface area contributed by atoms with Gasteiger partial charge >= 0.3 is 5.97 Å². The van der Waals surface area contributed by atoms with Crippen LogP contribution in [0.3, 0.4) is 0 Å². The van der Waals surface area contributed by atoms with Gasteiger partial charge in [-0.15, -0.1) is 0 Å². The highest BCUT2D eigenvalue weighted by Crippen LogP contribution is 1.98. The molecule has 0 saturated heterocycles. The third-order valence-corrected chi connectivity index (χ3v) is 0.864. The fourth-order valence-corrected chi connectivity index (χ4v) is 0.590. The lowest BCUT2D eigenvalue weighted by Crippen LogP contribution is -2.42. The van der Waals surface area contributed by atoms with E-state index in [1.54, 1.807) is 21.1 Å². The van der Waals surface area contributed by atoms with E-state index in [-0.39, 0.29) is 11.0 Å². The average molecular weight is 166 g/mol. The van der Waals surface area contributed by atoms with Gasteiger partial charge in [0.2, 0.25) is 1.43 Å². The minimum absolute atomic E-state index is 0.120. The highest BCUT2D eigenvalue weighted by molar-refractivity contribution is 5.67. The molecule has 0 amide bonds. The zero-order chi connectivity index (χ0) is 12.5. The topological polar surface area (TPSA) is 57.5 Å². The molecule has 0 unspecified atom stereocenters. The second-order valence-electron chi connectivity index (χ2n) is 3.30. The largest absolute Gasteiger partial charge is 0.481 e. The smallest absolute Gasteiger partial charge is 0.306 e. The zero-order valence-corrected chi connectivity index (χ0v) is 6.92. The summed E-state index contributed by atoms with van der Waals surface area (Å²) in [5, 5.41) is 12.6. The lowest BCUT2D eigenvalue weighted by atomic mass is 10.2. The molecule has 0 saturated carbocycles. The van der Waals surface area contributed by atoms with Gasteiger partial charge in [-0.25, -0.2) is 0 Å². The molecule has 0 spiro atoms. The summed E-state index contributed by atoms with van der Waals surface area (Å²) in [5.74, 6) is -1.81. The fourth-order valence-electron chi connectivity index (χ4n) is 0.590. The Bertz CT molecular complexity index is 253. The van der Waals surface area contributed by atoms with Gasteiger partial charge in [0.15, 0.2) is 0 Å². The predicted octanol–water partition coefficient (Wildman–Crippen LogP) is -0.472. The number of likely N-dealkylation sites (N-methyl/N-ethyl adjacent to an activating group) is 1. The van der Waals surface area contributed by atoms with Crippen LogP contribution < -0.4 is 0 Å². The van der Waals surface area contributed by atoms with Crippen LogP contribution in [-0.2, 0) is 4.79 Å². The minimum Gasteiger partial charge on any atom is -0.481 e. The molecule has 4 heteroatoms. The molecule has 4 nitrogen and oxygen atoms in total. The number of aliphatic carboxylic acids is 1. The molecule has 0 fully saturated rings. The van der Waals surface area contributed by atoms with E-state index >= 15 is 0 Å². The molecule has 0 aliphatic rings. The molecule has 66 valence electrons. The van der Waals surface area contributed by atoms with Crippen molar-refractivity contribution in [1.29, 1.82) is 1.43 Å². The summed E-state index contributed by atoms with van der Waals surface area (Å²) in [6.07, 6.45) is -5.36. The summed E-state index contributed by atoms with van der Waals surface area (Å²) in [6, 6.07) is 0. The Morgan fingerprint density at radius 1 is 1.82 bits per heavy atom. The molecule has 11 heavy (non-hydrogen) atoms. The van der Waals surface area contributed by atoms with E-state index in [0.717, 1.165) is 0 Å². The number of aliphatic hydroxyl groups is 1. The van der Waals surface area contributed by atoms with E-state index in [1.165, 1.54) is 0 Å². The van der Waals surface area contributed by atoms with Crippen LogP contribution in [0.5, 0.6) is 0 Å². The number of hydrogen-bond acceptors (Lipinski definition) is 2. The molecule has 0 bridgehead atoms. The second-order valence-corrected chi connectivity index (χ2v) is 3.30. The van der Waals surface area contributed by atoms with Gasteiger partial charge in [0.05, 0.1) is 28.9 Å². The van der Waals surface area contributed by atoms with Crippen molar-refractivity contribution in [1.82, 2.24) is 0 Å². The first-order valence-corrected chi connectivity index (χ1v) is 3.14. The summed E-state index contributed by atoms with van der Waals surface area (Å²) in [6.45, 7) is -0.254. The number of carbonyl (C=O) groups is 1. The highest BCUT2D eigenvalue weighted by Gasteiger charge is 2.17. The van der Waals surface area contributed by atoms with Crippen LogP contribution in [0.25, 0.3) is 0 Å². The molecule has 0 rings (SSSR count). The van der Waals surface area contributed by atoms with Crippen molar-refractivity contribution in [2.24, 2.45) is 0 Å². The van der Waals surface area contributed by atoms with E-state index in [9.17, 15) is 4.79 Å². The van der Waals surface area contributed by atoms with Gasteiger partial charge in [-0.1, -0.05) is 0 Å². The van der Waals surface area contributed by atoms with Crippen LogP contribution in [-0.4, -0.2) is 55.9 Å². The number of quaternary nitrogens is 1. The summed E-state index contributed by atoms with van der Waals surface area (Å²) in [4.78, 5) is 10.6. The molecule has 0 aromatic rings. The van der Waals surface area contributed by atoms with Crippen LogP contribution >= 0.6 is 0 Å². The van der Waals surface area contributed by atoms with E-state index in [2.05, 4.69) is 5.11 Å². The van der Waals surface area contributed by atoms with Crippen molar-refractivity contribution < 1.29 is 23.6 Å². The first kappa shape index (κ1) is 5.11. The van der Waals surface area contributed by atoms with Gasteiger partial charge in [0.25, 0.3) is 0 Å². The Labute approximate surface area is 72.4 Å². The molecule has 2 N–H and O–H groups in total. The average Bonchev–Trinajstić information content (AvgIpc) is 2.00. The van der Waals surface area contributed by atoms with Crippen LogP contribution in [0.15, 0.2) is 0 Å². The fraction of sp³-hybridized carbons (Fsp3) is 0.857. The molecule has 0 aromatic heterocycles. The number of nitrogens with zero attached hydrogens (tertiary/aromatic N) is 1. The van der Waals surface area contributed by atoms with Crippen LogP contribution in [0.2, 0.25) is 0 Å². The first-order chi connectivity index (χ1) is 6.46. The normalized spacial score (nSPS) is 23.9. The Morgan fingerprint density at radius 3 is 2.64 bits per heavy atom. The van der Waals surface area contributed by atoms with Crippen LogP contribution in [0, 0.1) is 0 Å². The van der Waals surface area contributed by atoms with Gasteiger partial charge in [-0.3, -0.25) is 4.79 Å². The van der Waals surface area contributed by atoms with Gasteiger partial charge in [0.1, 0.15) is 12.6 Å². The van der Waals surface area contributed by atoms with Crippen molar-refractivity contribution >= 4 is 5.97 Å². The first-order valence-electron chi connectivity index (χ1n) is 5.05. The van der Waals surface area contributed by atoms with Crippen molar-refractivity contribution in [3.05, 3.63) is 0 Å². The Morgan fingerprint density at radius 2 is 2.36 bits per heavy atom. The van der Waals surface area contributed by atoms with Crippen LogP contribution in [0.1, 0.15) is 10.5 Å². The summed E-state index contributed by atoms with van der Waals surface area (Å²) < 4.78 is 28.9. The Kier molecular flexibility index (Phi) is 1.71. The molecule has 0 radical (unpaired) electrons. The summed E-state index contributed by atoms with van der Waals surface area (Å²) in [5.41, 5.74) is 0. The maximum absolute atomic E-state index is 10.6. The SMILES string of the molecule is [2H]O[C@@]([2H])(C[N+](C)(C)C)C([2H])([2H])C(=O)O. The number of carboxylic acid groups (broad SMARTS) is 1. The third-order valence-electron chi connectivity index (χ3n) is 0.864. The Balaban J connectivity index is 5.10. The quantitative estimate of drug-likeness (QED) is 0.543. The van der Waals surface area contributed by atoms with Crippen molar-refractivity contribution in [2.75, 3.05) is 27.7 Å². The predicted molar refractivity (Wildman–Crippen MR) is 41.2 cm³/mol. The van der Waals surface area contributed by atoms with E-state index in [0.29, 0.717) is 0 Å². The van der Waals surface area contributed by atoms with Gasteiger partial charge in [0, 0.05) is 2.74 Å². The molecule has 1 atom stereocenters. The lowest BCUT2D eigenvalue weighted by molar-refractivity contribution is -0.873.